The minimum atomic E-state index is -5.66. The Morgan fingerprint density at radius 1 is 0.537 bits per heavy atom. The summed E-state index contributed by atoms with van der Waals surface area (Å²) < 4.78 is 85.8. The number of hydrogen-bond acceptors (Lipinski definition) is 23. The molecule has 29 nitrogen and oxygen atoms in total. The van der Waals surface area contributed by atoms with E-state index in [0.717, 1.165) is 95.5 Å². The highest BCUT2D eigenvalue weighted by Crippen LogP contribution is 2.30. The summed E-state index contributed by atoms with van der Waals surface area (Å²) in [6, 6.07) is 4.91. The third-order valence-electron chi connectivity index (χ3n) is 17.8. The number of piperidine rings is 3. The molecule has 108 heavy (non-hydrogen) atoms. The number of nitrogens with one attached hydrogen (secondary N) is 3. The highest BCUT2D eigenvalue weighted by molar-refractivity contribution is 7.87. The van der Waals surface area contributed by atoms with Crippen molar-refractivity contribution in [3.63, 3.8) is 0 Å². The van der Waals surface area contributed by atoms with Crippen LogP contribution in [-0.4, -0.2) is 238 Å². The molecule has 0 unspecified atom stereocenters. The van der Waals surface area contributed by atoms with Crippen LogP contribution in [0.5, 0.6) is 0 Å². The van der Waals surface area contributed by atoms with Crippen molar-refractivity contribution in [1.29, 1.82) is 0 Å². The van der Waals surface area contributed by atoms with Gasteiger partial charge < -0.3 is 70.2 Å². The number of aliphatic carboxylic acids is 1. The molecule has 6 N–H and O–H groups in total. The first-order valence-corrected chi connectivity index (χ1v) is 38.9. The van der Waals surface area contributed by atoms with Gasteiger partial charge in [-0.05, 0) is 119 Å². The molecule has 9 heterocycles. The molecule has 5 amide bonds. The quantitative estimate of drug-likeness (QED) is 0.0578. The number of anilines is 2. The predicted molar refractivity (Wildman–Crippen MR) is 410 cm³/mol. The van der Waals surface area contributed by atoms with Crippen molar-refractivity contribution < 1.29 is 78.6 Å². The van der Waals surface area contributed by atoms with Gasteiger partial charge in [-0.3, -0.25) is 23.4 Å². The average molecular weight is 1570 g/mol. The molecule has 4 aromatic heterocycles. The van der Waals surface area contributed by atoms with E-state index < -0.39 is 45.5 Å². The largest absolute Gasteiger partial charge is 0.523 e. The number of fused-ring (bicyclic) bond motifs is 2. The van der Waals surface area contributed by atoms with Crippen molar-refractivity contribution in [3.8, 4) is 0 Å². The lowest BCUT2D eigenvalue weighted by Gasteiger charge is -2.41. The van der Waals surface area contributed by atoms with Gasteiger partial charge in [0.05, 0.1) is 42.2 Å². The summed E-state index contributed by atoms with van der Waals surface area (Å²) in [5, 5.41) is 17.2. The second-order valence-corrected chi connectivity index (χ2v) is 32.8. The number of ether oxygens (including phenoxy) is 4. The van der Waals surface area contributed by atoms with Crippen LogP contribution in [-0.2, 0) is 52.4 Å². The van der Waals surface area contributed by atoms with E-state index in [0.29, 0.717) is 54.2 Å². The molecule has 5 saturated heterocycles. The van der Waals surface area contributed by atoms with E-state index in [1.807, 2.05) is 94.1 Å². The minimum Gasteiger partial charge on any atom is -0.481 e. The number of hydrogen-bond donors (Lipinski definition) is 5. The molecule has 0 radical (unpaired) electrons. The summed E-state index contributed by atoms with van der Waals surface area (Å²) in [5.74, 6) is -0.352. The Morgan fingerprint density at radius 2 is 0.889 bits per heavy atom. The standard InChI is InChI=1S/C22H32N6O2.C14H15F3N4O4S.C14H26N2O3.C10H20N2O2.C10H19NO.C4H8O2.ClH/c1-15(2)22(29)26-17-5-10-27(11-6-17)13-18-14-28(12-16(3)30-18)19-4-7-24-21-20(19)23-8-9-25-21;1-9-6-21(11-2-3-19-13-12(11)18-4-5-20-13)7-10(25-9)8-24-26(22,23)14(15,16)17;1-10(2)12(17)15-11-6-8-16(9-7-11)13(18)19-14(3,4)5;1-10(2,3)14-9(13)12-6-4-8(11)5-7-12;1-8(2)10(12)11-9-6-4-3-5-7-9;1-3(2)4(5)6;/h4,7-9,15-18H,5-6,10-14H2,1-3H3,(H,26,29);2-5,9-10H,6-8H2,1H3;10-11H,6-9H2,1-5H3,(H,15,17);8H,4-7,11H2,1-3H3;8-9H,3-7H2,1-2H3,(H,11,12);3H,1-2H3,(H,5,6);1H/t16-,18+;9-,10-;;;;;/m11...../s1. The van der Waals surface area contributed by atoms with Crippen molar-refractivity contribution in [2.24, 2.45) is 29.4 Å². The van der Waals surface area contributed by atoms with Crippen LogP contribution in [0.25, 0.3) is 22.3 Å². The summed E-state index contributed by atoms with van der Waals surface area (Å²) in [5.41, 5.74) is 3.65. The Hall–Kier alpha value is -7.17. The number of likely N-dealkylation sites (tertiary alicyclic amines) is 3. The second-order valence-electron chi connectivity index (χ2n) is 31.2. The first-order valence-electron chi connectivity index (χ1n) is 37.5. The number of pyridine rings is 2. The Labute approximate surface area is 642 Å². The lowest BCUT2D eigenvalue weighted by molar-refractivity contribution is -0.140. The van der Waals surface area contributed by atoms with Gasteiger partial charge in [0.15, 0.2) is 11.3 Å². The van der Waals surface area contributed by atoms with Crippen LogP contribution >= 0.6 is 12.4 Å². The normalized spacial score (nSPS) is 20.2. The van der Waals surface area contributed by atoms with Crippen molar-refractivity contribution in [2.45, 2.75) is 247 Å². The molecule has 1 saturated carbocycles. The second kappa shape index (κ2) is 44.0. The Kier molecular flexibility index (Phi) is 38.0. The molecule has 6 fully saturated rings. The van der Waals surface area contributed by atoms with E-state index in [9.17, 15) is 50.4 Å². The van der Waals surface area contributed by atoms with Gasteiger partial charge in [0, 0.05) is 151 Å². The molecule has 1 aliphatic carbocycles. The summed E-state index contributed by atoms with van der Waals surface area (Å²) in [6.45, 7) is 37.0. The number of rotatable bonds is 14. The molecule has 4 aromatic rings. The van der Waals surface area contributed by atoms with Gasteiger partial charge in [0.2, 0.25) is 17.7 Å². The molecule has 0 aromatic carbocycles. The molecule has 5 aliphatic heterocycles. The highest BCUT2D eigenvalue weighted by Gasteiger charge is 2.48. The van der Waals surface area contributed by atoms with Crippen molar-refractivity contribution in [3.05, 3.63) is 49.3 Å². The number of morpholine rings is 2. The van der Waals surface area contributed by atoms with Gasteiger partial charge in [0.25, 0.3) is 0 Å². The van der Waals surface area contributed by atoms with E-state index in [4.69, 9.17) is 29.8 Å². The average Bonchev–Trinajstić information content (AvgIpc) is 0.800. The van der Waals surface area contributed by atoms with E-state index in [1.165, 1.54) is 44.5 Å². The number of nitrogens with zero attached hydrogens (tertiary/aromatic N) is 11. The summed E-state index contributed by atoms with van der Waals surface area (Å²) in [7, 11) is -5.66. The SMILES string of the molecule is CC(C)(C)OC(=O)N1CCC(N)CC1.CC(C)C(=O)NC1CCCCC1.CC(C)C(=O)NC1CCN(C(=O)OC(C)(C)C)CC1.CC(C)C(=O)NC1CCN(C[C@H]2CN(c3ccnc4nccnc34)C[C@@H](C)O2)CC1.CC(C)C(=O)O.C[C@@H]1CN(c2ccnc3nccnc23)C[C@H](COS(=O)(=O)C(F)(F)F)O1.Cl. The molecule has 610 valence electrons. The fraction of sp³-hybridized carbons (Fsp3) is 0.730. The zero-order valence-corrected chi connectivity index (χ0v) is 67.6. The lowest BCUT2D eigenvalue weighted by atomic mass is 9.95. The number of alkyl halides is 3. The van der Waals surface area contributed by atoms with Gasteiger partial charge in [-0.15, -0.1) is 12.4 Å². The maximum Gasteiger partial charge on any atom is 0.523 e. The number of carbonyl (C=O) groups is 6. The van der Waals surface area contributed by atoms with E-state index >= 15 is 0 Å². The Morgan fingerprint density at radius 3 is 1.27 bits per heavy atom. The van der Waals surface area contributed by atoms with Crippen LogP contribution in [0, 0.1) is 23.7 Å². The van der Waals surface area contributed by atoms with E-state index in [2.05, 4.69) is 66.8 Å². The molecular weight excluding hydrogens is 1450 g/mol. The minimum absolute atomic E-state index is 0. The third-order valence-corrected chi connectivity index (χ3v) is 18.8. The van der Waals surface area contributed by atoms with Crippen molar-refractivity contribution >= 4 is 92.1 Å². The fourth-order valence-electron chi connectivity index (χ4n) is 12.0. The van der Waals surface area contributed by atoms with Crippen LogP contribution in [0.15, 0.2) is 49.3 Å². The summed E-state index contributed by atoms with van der Waals surface area (Å²) in [4.78, 5) is 104. The number of amides is 5. The van der Waals surface area contributed by atoms with Crippen LogP contribution in [0.3, 0.4) is 0 Å². The van der Waals surface area contributed by atoms with Gasteiger partial charge in [-0.2, -0.15) is 21.6 Å². The zero-order valence-electron chi connectivity index (χ0n) is 66.0. The van der Waals surface area contributed by atoms with E-state index in [1.54, 1.807) is 61.4 Å². The molecule has 10 rings (SSSR count). The summed E-state index contributed by atoms with van der Waals surface area (Å²) in [6.07, 6.45) is 19.9. The third kappa shape index (κ3) is 32.8. The topological polar surface area (TPSA) is 359 Å². The molecule has 0 spiro atoms. The van der Waals surface area contributed by atoms with E-state index in [-0.39, 0.29) is 103 Å². The van der Waals surface area contributed by atoms with Crippen LogP contribution in [0.2, 0.25) is 0 Å². The Balaban J connectivity index is 0.000000289. The zero-order chi connectivity index (χ0) is 79.6. The highest BCUT2D eigenvalue weighted by atomic mass is 35.5. The lowest BCUT2D eigenvalue weighted by Crippen LogP contribution is -2.53. The number of aromatic nitrogens is 6. The maximum atomic E-state index is 12.4. The summed E-state index contributed by atoms with van der Waals surface area (Å²) >= 11 is 0. The van der Waals surface area contributed by atoms with Gasteiger partial charge in [-0.25, -0.2) is 39.5 Å². The smallest absolute Gasteiger partial charge is 0.481 e. The molecule has 4 atom stereocenters. The predicted octanol–water partition coefficient (Wildman–Crippen LogP) is 10.1. The Bertz CT molecular complexity index is 3540. The number of nitrogens with two attached hydrogens (primary N) is 1. The molecule has 0 bridgehead atoms. The number of carboxylic acids is 1. The van der Waals surface area contributed by atoms with Gasteiger partial charge in [0.1, 0.15) is 28.3 Å². The number of carbonyl (C=O) groups excluding carboxylic acids is 5. The van der Waals surface area contributed by atoms with Crippen LogP contribution in [0.4, 0.5) is 34.1 Å². The molecule has 6 aliphatic rings. The van der Waals surface area contributed by atoms with Gasteiger partial charge in [-0.1, -0.05) is 74.7 Å². The number of carboxylic acid groups (broad SMARTS) is 1. The van der Waals surface area contributed by atoms with Crippen molar-refractivity contribution in [1.82, 2.24) is 60.6 Å². The first kappa shape index (κ1) is 93.2. The number of halogens is 4. The van der Waals surface area contributed by atoms with Crippen LogP contribution < -0.4 is 31.5 Å². The fourth-order valence-corrected chi connectivity index (χ4v) is 12.5. The van der Waals surface area contributed by atoms with Crippen LogP contribution in [0.1, 0.15) is 181 Å². The monoisotopic (exact) mass is 1570 g/mol. The van der Waals surface area contributed by atoms with Crippen molar-refractivity contribution in [2.75, 3.05) is 88.4 Å². The first-order chi connectivity index (χ1) is 50.1. The maximum absolute atomic E-state index is 12.4. The molecule has 34 heteroatoms. The molecular formula is C74H121ClF3N15O14S. The van der Waals surface area contributed by atoms with Gasteiger partial charge >= 0.3 is 33.8 Å².